The van der Waals surface area contributed by atoms with E-state index in [9.17, 15) is 0 Å². The van der Waals surface area contributed by atoms with E-state index in [0.717, 1.165) is 17.6 Å². The van der Waals surface area contributed by atoms with Crippen molar-refractivity contribution in [2.75, 3.05) is 7.05 Å². The Kier molecular flexibility index (Phi) is 4.54. The summed E-state index contributed by atoms with van der Waals surface area (Å²) in [5.41, 5.74) is 2.96. The molecule has 3 atom stereocenters. The third-order valence-electron chi connectivity index (χ3n) is 5.22. The smallest absolute Gasteiger partial charge is 0.120 e. The second-order valence-electron chi connectivity index (χ2n) is 7.25. The number of hydrogen-bond acceptors (Lipinski definition) is 2. The number of rotatable bonds is 3. The van der Waals surface area contributed by atoms with Crippen molar-refractivity contribution in [3.63, 3.8) is 0 Å². The molecule has 0 aliphatic heterocycles. The van der Waals surface area contributed by atoms with E-state index in [4.69, 9.17) is 4.74 Å². The minimum Gasteiger partial charge on any atom is -0.490 e. The van der Waals surface area contributed by atoms with Gasteiger partial charge >= 0.3 is 0 Å². The van der Waals surface area contributed by atoms with E-state index >= 15 is 0 Å². The number of ether oxygens (including phenoxy) is 1. The minimum absolute atomic E-state index is 0.408. The summed E-state index contributed by atoms with van der Waals surface area (Å²) in [5, 5.41) is 3.43. The summed E-state index contributed by atoms with van der Waals surface area (Å²) in [6, 6.07) is 7.28. The molecular formula is C19H29NO. The summed E-state index contributed by atoms with van der Waals surface area (Å²) in [5.74, 6) is 2.67. The molecule has 2 nitrogen and oxygen atoms in total. The van der Waals surface area contributed by atoms with Gasteiger partial charge in [0.1, 0.15) is 5.75 Å². The highest BCUT2D eigenvalue weighted by molar-refractivity contribution is 5.39. The normalized spacial score (nSPS) is 32.5. The van der Waals surface area contributed by atoms with E-state index in [1.165, 1.54) is 49.7 Å². The van der Waals surface area contributed by atoms with Crippen LogP contribution in [0.4, 0.5) is 0 Å². The third kappa shape index (κ3) is 3.42. The standard InChI is InChI=1S/C19H29NO/c1-13-9-14(2)11-17(10-13)21-16-7-8-18-15(12-16)5-4-6-19(18)20-3/h7-8,12-14,17,19-20H,4-6,9-11H2,1-3H3. The molecule has 2 aliphatic carbocycles. The van der Waals surface area contributed by atoms with Gasteiger partial charge in [-0.05, 0) is 80.7 Å². The fourth-order valence-corrected chi connectivity index (χ4v) is 4.33. The first kappa shape index (κ1) is 14.9. The highest BCUT2D eigenvalue weighted by Crippen LogP contribution is 2.34. The van der Waals surface area contributed by atoms with Crippen molar-refractivity contribution < 1.29 is 4.74 Å². The first-order valence-electron chi connectivity index (χ1n) is 8.62. The number of nitrogens with one attached hydrogen (secondary N) is 1. The quantitative estimate of drug-likeness (QED) is 0.884. The van der Waals surface area contributed by atoms with Crippen molar-refractivity contribution in [1.29, 1.82) is 0 Å². The monoisotopic (exact) mass is 287 g/mol. The maximum absolute atomic E-state index is 6.31. The highest BCUT2D eigenvalue weighted by Gasteiger charge is 2.26. The molecule has 0 radical (unpaired) electrons. The Labute approximate surface area is 129 Å². The van der Waals surface area contributed by atoms with Gasteiger partial charge < -0.3 is 10.1 Å². The Balaban J connectivity index is 1.72. The topological polar surface area (TPSA) is 21.3 Å². The predicted molar refractivity (Wildman–Crippen MR) is 87.8 cm³/mol. The van der Waals surface area contributed by atoms with Crippen LogP contribution in [-0.4, -0.2) is 13.2 Å². The van der Waals surface area contributed by atoms with Crippen molar-refractivity contribution >= 4 is 0 Å². The first-order valence-corrected chi connectivity index (χ1v) is 8.62. The van der Waals surface area contributed by atoms with Crippen LogP contribution in [0.25, 0.3) is 0 Å². The van der Waals surface area contributed by atoms with E-state index in [0.29, 0.717) is 12.1 Å². The molecule has 21 heavy (non-hydrogen) atoms. The SMILES string of the molecule is CNC1CCCc2cc(OC3CC(C)CC(C)C3)ccc21. The lowest BCUT2D eigenvalue weighted by Gasteiger charge is -2.32. The number of hydrogen-bond donors (Lipinski definition) is 1. The first-order chi connectivity index (χ1) is 10.2. The van der Waals surface area contributed by atoms with Crippen LogP contribution in [-0.2, 0) is 6.42 Å². The lowest BCUT2D eigenvalue weighted by molar-refractivity contribution is 0.101. The van der Waals surface area contributed by atoms with Crippen LogP contribution in [0.1, 0.15) is 63.1 Å². The Bertz CT molecular complexity index is 474. The number of fused-ring (bicyclic) bond motifs is 1. The summed E-state index contributed by atoms with van der Waals surface area (Å²) in [6.45, 7) is 4.72. The summed E-state index contributed by atoms with van der Waals surface area (Å²) < 4.78 is 6.31. The Morgan fingerprint density at radius 2 is 1.86 bits per heavy atom. The van der Waals surface area contributed by atoms with E-state index < -0.39 is 0 Å². The van der Waals surface area contributed by atoms with Gasteiger partial charge in [-0.25, -0.2) is 0 Å². The van der Waals surface area contributed by atoms with Gasteiger partial charge in [0.2, 0.25) is 0 Å². The maximum Gasteiger partial charge on any atom is 0.120 e. The molecule has 0 bridgehead atoms. The zero-order chi connectivity index (χ0) is 14.8. The van der Waals surface area contributed by atoms with E-state index in [2.05, 4.69) is 44.4 Å². The molecule has 1 aromatic carbocycles. The second kappa shape index (κ2) is 6.39. The Morgan fingerprint density at radius 3 is 2.57 bits per heavy atom. The molecule has 2 heteroatoms. The summed E-state index contributed by atoms with van der Waals surface area (Å²) >= 11 is 0. The predicted octanol–water partition coefficient (Wildman–Crippen LogP) is 4.49. The summed E-state index contributed by atoms with van der Waals surface area (Å²) in [4.78, 5) is 0. The third-order valence-corrected chi connectivity index (χ3v) is 5.22. The maximum atomic E-state index is 6.31. The zero-order valence-electron chi connectivity index (χ0n) is 13.7. The van der Waals surface area contributed by atoms with Gasteiger partial charge in [0.25, 0.3) is 0 Å². The van der Waals surface area contributed by atoms with Crippen molar-refractivity contribution in [3.05, 3.63) is 29.3 Å². The minimum atomic E-state index is 0.408. The molecule has 0 amide bonds. The van der Waals surface area contributed by atoms with E-state index in [1.54, 1.807) is 0 Å². The zero-order valence-corrected chi connectivity index (χ0v) is 13.7. The molecule has 1 aromatic rings. The summed E-state index contributed by atoms with van der Waals surface area (Å²) in [7, 11) is 2.06. The van der Waals surface area contributed by atoms with Crippen molar-refractivity contribution in [3.8, 4) is 5.75 Å². The Morgan fingerprint density at radius 1 is 1.10 bits per heavy atom. The molecule has 1 fully saturated rings. The van der Waals surface area contributed by atoms with Crippen LogP contribution < -0.4 is 10.1 Å². The molecule has 2 aliphatic rings. The van der Waals surface area contributed by atoms with E-state index in [1.807, 2.05) is 0 Å². The van der Waals surface area contributed by atoms with Crippen LogP contribution in [0.2, 0.25) is 0 Å². The lowest BCUT2D eigenvalue weighted by Crippen LogP contribution is -2.28. The highest BCUT2D eigenvalue weighted by atomic mass is 16.5. The average Bonchev–Trinajstić information content (AvgIpc) is 2.45. The molecule has 0 aromatic heterocycles. The number of benzene rings is 1. The van der Waals surface area contributed by atoms with Crippen LogP contribution in [0.5, 0.6) is 5.75 Å². The fraction of sp³-hybridized carbons (Fsp3) is 0.684. The van der Waals surface area contributed by atoms with Gasteiger partial charge in [0, 0.05) is 6.04 Å². The molecule has 0 saturated heterocycles. The molecule has 3 rings (SSSR count). The van der Waals surface area contributed by atoms with Gasteiger partial charge in [-0.15, -0.1) is 0 Å². The van der Waals surface area contributed by atoms with Gasteiger partial charge in [-0.2, -0.15) is 0 Å². The molecule has 3 unspecified atom stereocenters. The van der Waals surface area contributed by atoms with Crippen LogP contribution >= 0.6 is 0 Å². The van der Waals surface area contributed by atoms with Gasteiger partial charge in [0.15, 0.2) is 0 Å². The molecule has 1 saturated carbocycles. The summed E-state index contributed by atoms with van der Waals surface area (Å²) in [6.07, 6.45) is 7.91. The molecular weight excluding hydrogens is 258 g/mol. The fourth-order valence-electron chi connectivity index (χ4n) is 4.33. The van der Waals surface area contributed by atoms with Gasteiger partial charge in [-0.1, -0.05) is 19.9 Å². The van der Waals surface area contributed by atoms with Crippen LogP contribution in [0.15, 0.2) is 18.2 Å². The molecule has 0 spiro atoms. The number of aryl methyl sites for hydroxylation is 1. The van der Waals surface area contributed by atoms with E-state index in [-0.39, 0.29) is 0 Å². The Hall–Kier alpha value is -1.02. The molecule has 116 valence electrons. The van der Waals surface area contributed by atoms with Crippen molar-refractivity contribution in [2.24, 2.45) is 11.8 Å². The molecule has 1 N–H and O–H groups in total. The molecule has 0 heterocycles. The van der Waals surface area contributed by atoms with Gasteiger partial charge in [-0.3, -0.25) is 0 Å². The average molecular weight is 287 g/mol. The van der Waals surface area contributed by atoms with Crippen molar-refractivity contribution in [2.45, 2.75) is 64.5 Å². The van der Waals surface area contributed by atoms with Gasteiger partial charge in [0.05, 0.1) is 6.10 Å². The largest absolute Gasteiger partial charge is 0.490 e. The van der Waals surface area contributed by atoms with Crippen molar-refractivity contribution in [1.82, 2.24) is 5.32 Å². The van der Waals surface area contributed by atoms with Crippen LogP contribution in [0, 0.1) is 11.8 Å². The van der Waals surface area contributed by atoms with Crippen LogP contribution in [0.3, 0.4) is 0 Å². The lowest BCUT2D eigenvalue weighted by atomic mass is 9.81. The second-order valence-corrected chi connectivity index (χ2v) is 7.25.